The molecule has 1 aliphatic heterocycles. The topological polar surface area (TPSA) is 95.7 Å². The fourth-order valence-corrected chi connectivity index (χ4v) is 2.92. The molecule has 2 N–H and O–H groups in total. The number of aromatic nitrogens is 1. The lowest BCUT2D eigenvalue weighted by molar-refractivity contribution is -0.137. The maximum Gasteiger partial charge on any atom is 0.303 e. The van der Waals surface area contributed by atoms with Gasteiger partial charge < -0.3 is 19.7 Å². The number of aliphatic carboxylic acids is 1. The van der Waals surface area contributed by atoms with Gasteiger partial charge in [0.25, 0.3) is 6.01 Å². The fourth-order valence-electron chi connectivity index (χ4n) is 2.92. The average Bonchev–Trinajstić information content (AvgIpc) is 3.02. The Morgan fingerprint density at radius 1 is 1.29 bits per heavy atom. The van der Waals surface area contributed by atoms with Gasteiger partial charge in [-0.25, -0.2) is 0 Å². The van der Waals surface area contributed by atoms with Crippen LogP contribution in [0.3, 0.4) is 0 Å². The lowest BCUT2D eigenvalue weighted by Gasteiger charge is -2.30. The third kappa shape index (κ3) is 3.84. The van der Waals surface area contributed by atoms with Crippen molar-refractivity contribution in [2.24, 2.45) is 5.92 Å². The summed E-state index contributed by atoms with van der Waals surface area (Å²) in [6.45, 7) is 1.86. The predicted molar refractivity (Wildman–Crippen MR) is 88.8 cm³/mol. The minimum absolute atomic E-state index is 0.0117. The molecular formula is C17H21N3O4. The molecule has 128 valence electrons. The Morgan fingerprint density at radius 3 is 2.75 bits per heavy atom. The number of nitrogens with zero attached hydrogens (tertiary/aromatic N) is 2. The van der Waals surface area contributed by atoms with Crippen LogP contribution in [0.4, 0.5) is 6.01 Å². The van der Waals surface area contributed by atoms with Crippen LogP contribution in [0.2, 0.25) is 0 Å². The van der Waals surface area contributed by atoms with Crippen molar-refractivity contribution in [1.29, 1.82) is 0 Å². The molecular weight excluding hydrogens is 310 g/mol. The summed E-state index contributed by atoms with van der Waals surface area (Å²) in [7, 11) is 0. The van der Waals surface area contributed by atoms with E-state index in [1.54, 1.807) is 0 Å². The van der Waals surface area contributed by atoms with Crippen molar-refractivity contribution in [2.45, 2.75) is 25.7 Å². The zero-order valence-corrected chi connectivity index (χ0v) is 13.4. The lowest BCUT2D eigenvalue weighted by Crippen LogP contribution is -2.41. The van der Waals surface area contributed by atoms with Gasteiger partial charge in [-0.2, -0.15) is 4.98 Å². The first-order valence-electron chi connectivity index (χ1n) is 8.23. The maximum atomic E-state index is 12.1. The van der Waals surface area contributed by atoms with Gasteiger partial charge in [-0.05, 0) is 31.4 Å². The normalized spacial score (nSPS) is 15.6. The van der Waals surface area contributed by atoms with Gasteiger partial charge in [0.15, 0.2) is 5.58 Å². The van der Waals surface area contributed by atoms with E-state index < -0.39 is 5.97 Å². The minimum atomic E-state index is -0.837. The van der Waals surface area contributed by atoms with Crippen molar-refractivity contribution in [3.63, 3.8) is 0 Å². The lowest BCUT2D eigenvalue weighted by atomic mass is 9.96. The highest BCUT2D eigenvalue weighted by molar-refractivity contribution is 5.79. The summed E-state index contributed by atoms with van der Waals surface area (Å²) in [5, 5.41) is 11.4. The number of benzene rings is 1. The summed E-state index contributed by atoms with van der Waals surface area (Å²) < 4.78 is 5.76. The quantitative estimate of drug-likeness (QED) is 0.786. The van der Waals surface area contributed by atoms with Crippen molar-refractivity contribution in [1.82, 2.24) is 10.3 Å². The number of anilines is 1. The number of oxazole rings is 1. The molecule has 24 heavy (non-hydrogen) atoms. The first kappa shape index (κ1) is 16.3. The van der Waals surface area contributed by atoms with E-state index in [4.69, 9.17) is 9.52 Å². The van der Waals surface area contributed by atoms with Crippen LogP contribution in [0, 0.1) is 5.92 Å². The Kier molecular flexibility index (Phi) is 4.98. The SMILES string of the molecule is O=C(O)CCCNC(=O)C1CCN(c2nc3ccccc3o2)CC1. The number of carbonyl (C=O) groups excluding carboxylic acids is 1. The number of rotatable bonds is 6. The van der Waals surface area contributed by atoms with Crippen molar-refractivity contribution < 1.29 is 19.1 Å². The molecule has 2 aromatic rings. The smallest absolute Gasteiger partial charge is 0.303 e. The van der Waals surface area contributed by atoms with Crippen LogP contribution in [-0.2, 0) is 9.59 Å². The molecule has 0 unspecified atom stereocenters. The molecule has 1 fully saturated rings. The fraction of sp³-hybridized carbons (Fsp3) is 0.471. The molecule has 1 saturated heterocycles. The molecule has 0 radical (unpaired) electrons. The number of nitrogens with one attached hydrogen (secondary N) is 1. The van der Waals surface area contributed by atoms with Gasteiger partial charge in [-0.15, -0.1) is 0 Å². The number of carboxylic acid groups (broad SMARTS) is 1. The third-order valence-electron chi connectivity index (χ3n) is 4.29. The van der Waals surface area contributed by atoms with E-state index in [9.17, 15) is 9.59 Å². The number of amides is 1. The van der Waals surface area contributed by atoms with Gasteiger partial charge in [0.05, 0.1) is 0 Å². The Morgan fingerprint density at radius 2 is 2.04 bits per heavy atom. The van der Waals surface area contributed by atoms with E-state index in [0.717, 1.165) is 37.0 Å². The number of carboxylic acids is 1. The monoisotopic (exact) mass is 331 g/mol. The number of fused-ring (bicyclic) bond motifs is 1. The van der Waals surface area contributed by atoms with Crippen LogP contribution in [0.15, 0.2) is 28.7 Å². The molecule has 1 aliphatic rings. The van der Waals surface area contributed by atoms with Gasteiger partial charge >= 0.3 is 5.97 Å². The van der Waals surface area contributed by atoms with Gasteiger partial charge in [0.1, 0.15) is 5.52 Å². The van der Waals surface area contributed by atoms with E-state index in [2.05, 4.69) is 15.2 Å². The molecule has 7 heteroatoms. The summed E-state index contributed by atoms with van der Waals surface area (Å²) >= 11 is 0. The first-order chi connectivity index (χ1) is 11.6. The second-order valence-electron chi connectivity index (χ2n) is 6.01. The van der Waals surface area contributed by atoms with Gasteiger partial charge in [0.2, 0.25) is 5.91 Å². The Hall–Kier alpha value is -2.57. The molecule has 0 spiro atoms. The van der Waals surface area contributed by atoms with E-state index >= 15 is 0 Å². The van der Waals surface area contributed by atoms with E-state index in [1.807, 2.05) is 24.3 Å². The molecule has 1 amide bonds. The number of carbonyl (C=O) groups is 2. The van der Waals surface area contributed by atoms with Crippen LogP contribution >= 0.6 is 0 Å². The highest BCUT2D eigenvalue weighted by Gasteiger charge is 2.26. The molecule has 2 heterocycles. The number of piperidine rings is 1. The van der Waals surface area contributed by atoms with E-state index in [1.165, 1.54) is 0 Å². The summed E-state index contributed by atoms with van der Waals surface area (Å²) in [5.74, 6) is -0.857. The van der Waals surface area contributed by atoms with Crippen LogP contribution < -0.4 is 10.2 Å². The maximum absolute atomic E-state index is 12.1. The van der Waals surface area contributed by atoms with Gasteiger partial charge in [0, 0.05) is 32.0 Å². The average molecular weight is 331 g/mol. The molecule has 0 atom stereocenters. The largest absolute Gasteiger partial charge is 0.481 e. The Balaban J connectivity index is 1.48. The van der Waals surface area contributed by atoms with E-state index in [0.29, 0.717) is 19.0 Å². The number of hydrogen-bond donors (Lipinski definition) is 2. The second-order valence-corrected chi connectivity index (χ2v) is 6.01. The highest BCUT2D eigenvalue weighted by atomic mass is 16.4. The Labute approximate surface area is 139 Å². The van der Waals surface area contributed by atoms with Crippen LogP contribution in [0.5, 0.6) is 0 Å². The zero-order chi connectivity index (χ0) is 16.9. The first-order valence-corrected chi connectivity index (χ1v) is 8.23. The predicted octanol–water partition coefficient (Wildman–Crippen LogP) is 2.03. The van der Waals surface area contributed by atoms with Crippen LogP contribution in [0.1, 0.15) is 25.7 Å². The second kappa shape index (κ2) is 7.33. The van der Waals surface area contributed by atoms with Crippen LogP contribution in [-0.4, -0.2) is 41.6 Å². The molecule has 0 bridgehead atoms. The van der Waals surface area contributed by atoms with Crippen molar-refractivity contribution in [3.8, 4) is 0 Å². The summed E-state index contributed by atoms with van der Waals surface area (Å²) in [6.07, 6.45) is 2.02. The summed E-state index contributed by atoms with van der Waals surface area (Å²) in [5.41, 5.74) is 1.61. The highest BCUT2D eigenvalue weighted by Crippen LogP contribution is 2.26. The Bertz CT molecular complexity index is 686. The molecule has 7 nitrogen and oxygen atoms in total. The molecule has 0 saturated carbocycles. The van der Waals surface area contributed by atoms with Crippen molar-refractivity contribution >= 4 is 29.0 Å². The minimum Gasteiger partial charge on any atom is -0.481 e. The zero-order valence-electron chi connectivity index (χ0n) is 13.4. The summed E-state index contributed by atoms with van der Waals surface area (Å²) in [4.78, 5) is 29.1. The molecule has 0 aliphatic carbocycles. The number of para-hydroxylation sites is 2. The molecule has 3 rings (SSSR count). The molecule has 1 aromatic heterocycles. The summed E-state index contributed by atoms with van der Waals surface area (Å²) in [6, 6.07) is 8.26. The number of hydrogen-bond acceptors (Lipinski definition) is 5. The van der Waals surface area contributed by atoms with Crippen LogP contribution in [0.25, 0.3) is 11.1 Å². The van der Waals surface area contributed by atoms with E-state index in [-0.39, 0.29) is 18.2 Å². The third-order valence-corrected chi connectivity index (χ3v) is 4.29. The van der Waals surface area contributed by atoms with Crippen molar-refractivity contribution in [2.75, 3.05) is 24.5 Å². The standard InChI is InChI=1S/C17H21N3O4/c21-15(22)6-3-9-18-16(23)12-7-10-20(11-8-12)17-19-13-4-1-2-5-14(13)24-17/h1-2,4-5,12H,3,6-11H2,(H,18,23)(H,21,22). The molecule has 1 aromatic carbocycles. The van der Waals surface area contributed by atoms with Gasteiger partial charge in [-0.3, -0.25) is 9.59 Å². The van der Waals surface area contributed by atoms with Crippen molar-refractivity contribution in [3.05, 3.63) is 24.3 Å². The van der Waals surface area contributed by atoms with Gasteiger partial charge in [-0.1, -0.05) is 12.1 Å².